The molecular weight excluding hydrogens is 700 g/mol. The highest BCUT2D eigenvalue weighted by molar-refractivity contribution is 7.92. The number of hydrogen-bond donors (Lipinski definition) is 1. The number of carbonyl (C=O) groups is 2. The highest BCUT2D eigenvalue weighted by atomic mass is 35.5. The van der Waals surface area contributed by atoms with Gasteiger partial charge in [0, 0.05) is 45.2 Å². The van der Waals surface area contributed by atoms with Crippen LogP contribution in [0.4, 0.5) is 5.69 Å². The standard InChI is InChI=1S/C35H35Cl4N3O4S/c1-3-4-17-40-35(44)33(18-25-9-6-5-7-10-25)41(22-30-31(38)11-8-12-32(30)39)34(43)23-42(28-20-26(36)19-27(37)21-28)47(45,46)29-15-13-24(2)14-16-29/h5-16,19-21,33H,3-4,17-18,22-23H2,1-2H3,(H,40,44)/t33-/m1/s1. The summed E-state index contributed by atoms with van der Waals surface area (Å²) in [6, 6.07) is 23.8. The van der Waals surface area contributed by atoms with E-state index in [-0.39, 0.29) is 33.6 Å². The van der Waals surface area contributed by atoms with Gasteiger partial charge < -0.3 is 10.2 Å². The van der Waals surface area contributed by atoms with Gasteiger partial charge >= 0.3 is 0 Å². The molecule has 47 heavy (non-hydrogen) atoms. The van der Waals surface area contributed by atoms with Gasteiger partial charge in [0.1, 0.15) is 12.6 Å². The van der Waals surface area contributed by atoms with Crippen LogP contribution < -0.4 is 9.62 Å². The Morgan fingerprint density at radius 2 is 1.45 bits per heavy atom. The number of anilines is 1. The van der Waals surface area contributed by atoms with Crippen LogP contribution in [-0.2, 0) is 32.6 Å². The summed E-state index contributed by atoms with van der Waals surface area (Å²) >= 11 is 25.8. The van der Waals surface area contributed by atoms with Crippen molar-refractivity contribution in [3.05, 3.63) is 128 Å². The zero-order chi connectivity index (χ0) is 34.1. The predicted octanol–water partition coefficient (Wildman–Crippen LogP) is 8.36. The number of rotatable bonds is 14. The van der Waals surface area contributed by atoms with E-state index >= 15 is 0 Å². The Bertz CT molecular complexity index is 1770. The van der Waals surface area contributed by atoms with E-state index < -0.39 is 34.4 Å². The molecule has 0 aliphatic rings. The van der Waals surface area contributed by atoms with Gasteiger partial charge in [-0.25, -0.2) is 8.42 Å². The molecular formula is C35H35Cl4N3O4S. The molecule has 0 spiro atoms. The number of sulfonamides is 1. The molecule has 1 N–H and O–H groups in total. The van der Waals surface area contributed by atoms with E-state index in [0.29, 0.717) is 22.2 Å². The molecule has 0 aromatic heterocycles. The largest absolute Gasteiger partial charge is 0.354 e. The minimum Gasteiger partial charge on any atom is -0.354 e. The lowest BCUT2D eigenvalue weighted by Crippen LogP contribution is -2.53. The fourth-order valence-corrected chi connectivity index (χ4v) is 7.39. The lowest BCUT2D eigenvalue weighted by molar-refractivity contribution is -0.140. The molecule has 4 aromatic carbocycles. The van der Waals surface area contributed by atoms with Crippen LogP contribution in [0, 0.1) is 6.92 Å². The van der Waals surface area contributed by atoms with E-state index in [1.807, 2.05) is 44.2 Å². The quantitative estimate of drug-likeness (QED) is 0.132. The molecule has 0 unspecified atom stereocenters. The molecule has 248 valence electrons. The number of nitrogens with one attached hydrogen (secondary N) is 1. The molecule has 0 saturated heterocycles. The highest BCUT2D eigenvalue weighted by Gasteiger charge is 2.35. The Hall–Kier alpha value is -3.27. The Balaban J connectivity index is 1.85. The summed E-state index contributed by atoms with van der Waals surface area (Å²) in [6.45, 7) is 3.41. The molecule has 1 atom stereocenters. The van der Waals surface area contributed by atoms with Crippen molar-refractivity contribution in [1.29, 1.82) is 0 Å². The van der Waals surface area contributed by atoms with Crippen LogP contribution in [0.5, 0.6) is 0 Å². The van der Waals surface area contributed by atoms with E-state index in [1.54, 1.807) is 30.3 Å². The first-order chi connectivity index (χ1) is 22.4. The number of aryl methyl sites for hydroxylation is 1. The summed E-state index contributed by atoms with van der Waals surface area (Å²) in [5, 5.41) is 3.91. The zero-order valence-electron chi connectivity index (χ0n) is 25.9. The van der Waals surface area contributed by atoms with Gasteiger partial charge in [-0.1, -0.05) is 114 Å². The van der Waals surface area contributed by atoms with Crippen LogP contribution in [0.1, 0.15) is 36.5 Å². The van der Waals surface area contributed by atoms with Crippen LogP contribution in [0.3, 0.4) is 0 Å². The molecule has 12 heteroatoms. The molecule has 0 fully saturated rings. The fourth-order valence-electron chi connectivity index (χ4n) is 4.96. The molecule has 0 aliphatic heterocycles. The van der Waals surface area contributed by atoms with Gasteiger partial charge in [0.05, 0.1) is 10.6 Å². The first-order valence-corrected chi connectivity index (χ1v) is 18.0. The number of nitrogens with zero attached hydrogens (tertiary/aromatic N) is 2. The Morgan fingerprint density at radius 1 is 0.830 bits per heavy atom. The maximum Gasteiger partial charge on any atom is 0.264 e. The predicted molar refractivity (Wildman–Crippen MR) is 191 cm³/mol. The second-order valence-electron chi connectivity index (χ2n) is 11.0. The Labute approximate surface area is 296 Å². The summed E-state index contributed by atoms with van der Waals surface area (Å²) in [5.41, 5.74) is 2.16. The number of amides is 2. The molecule has 0 bridgehead atoms. The molecule has 2 amide bonds. The summed E-state index contributed by atoms with van der Waals surface area (Å²) in [5.74, 6) is -1.06. The SMILES string of the molecule is CCCCNC(=O)[C@@H](Cc1ccccc1)N(Cc1c(Cl)cccc1Cl)C(=O)CN(c1cc(Cl)cc(Cl)c1)S(=O)(=O)c1ccc(C)cc1. The second-order valence-corrected chi connectivity index (χ2v) is 14.6. The van der Waals surface area contributed by atoms with E-state index in [2.05, 4.69) is 5.32 Å². The normalized spacial score (nSPS) is 12.0. The lowest BCUT2D eigenvalue weighted by atomic mass is 10.0. The summed E-state index contributed by atoms with van der Waals surface area (Å²) in [6.07, 6.45) is 1.75. The number of benzene rings is 4. The fraction of sp³-hybridized carbons (Fsp3) is 0.257. The van der Waals surface area contributed by atoms with Crippen molar-refractivity contribution in [3.63, 3.8) is 0 Å². The maximum atomic E-state index is 14.6. The second kappa shape index (κ2) is 16.7. The number of hydrogen-bond acceptors (Lipinski definition) is 4. The number of halogens is 4. The molecule has 0 saturated carbocycles. The first kappa shape index (κ1) is 36.6. The average molecular weight is 736 g/mol. The van der Waals surface area contributed by atoms with Crippen molar-refractivity contribution in [2.24, 2.45) is 0 Å². The first-order valence-electron chi connectivity index (χ1n) is 15.0. The van der Waals surface area contributed by atoms with Gasteiger partial charge in [-0.05, 0) is 61.4 Å². The molecule has 4 rings (SSSR count). The average Bonchev–Trinajstić information content (AvgIpc) is 3.03. The van der Waals surface area contributed by atoms with Gasteiger partial charge in [0.2, 0.25) is 11.8 Å². The van der Waals surface area contributed by atoms with Crippen LogP contribution in [0.2, 0.25) is 20.1 Å². The van der Waals surface area contributed by atoms with Crippen molar-refractivity contribution in [1.82, 2.24) is 10.2 Å². The van der Waals surface area contributed by atoms with Crippen molar-refractivity contribution in [2.45, 2.75) is 50.6 Å². The summed E-state index contributed by atoms with van der Waals surface area (Å²) in [4.78, 5) is 29.8. The minimum absolute atomic E-state index is 0.0363. The monoisotopic (exact) mass is 733 g/mol. The van der Waals surface area contributed by atoms with Crippen LogP contribution >= 0.6 is 46.4 Å². The highest BCUT2D eigenvalue weighted by Crippen LogP contribution is 2.31. The van der Waals surface area contributed by atoms with E-state index in [1.165, 1.54) is 35.2 Å². The van der Waals surface area contributed by atoms with E-state index in [0.717, 1.165) is 28.3 Å². The van der Waals surface area contributed by atoms with Crippen LogP contribution in [0.15, 0.2) is 95.9 Å². The molecule has 0 aliphatic carbocycles. The smallest absolute Gasteiger partial charge is 0.264 e. The van der Waals surface area contributed by atoms with Gasteiger partial charge in [-0.3, -0.25) is 13.9 Å². The lowest BCUT2D eigenvalue weighted by Gasteiger charge is -2.34. The molecule has 4 aromatic rings. The molecule has 7 nitrogen and oxygen atoms in total. The van der Waals surface area contributed by atoms with Crippen LogP contribution in [0.25, 0.3) is 0 Å². The maximum absolute atomic E-state index is 14.6. The third-order valence-corrected chi connectivity index (χ3v) is 10.4. The third-order valence-electron chi connectivity index (χ3n) is 7.51. The minimum atomic E-state index is -4.33. The summed E-state index contributed by atoms with van der Waals surface area (Å²) < 4.78 is 29.4. The van der Waals surface area contributed by atoms with Crippen molar-refractivity contribution in [2.75, 3.05) is 17.4 Å². The number of unbranched alkanes of at least 4 members (excludes halogenated alkanes) is 1. The molecule has 0 radical (unpaired) electrons. The van der Waals surface area contributed by atoms with Gasteiger partial charge in [0.15, 0.2) is 0 Å². The molecule has 0 heterocycles. The van der Waals surface area contributed by atoms with Crippen LogP contribution in [-0.4, -0.2) is 44.3 Å². The van der Waals surface area contributed by atoms with Crippen molar-refractivity contribution in [3.8, 4) is 0 Å². The Morgan fingerprint density at radius 3 is 2.04 bits per heavy atom. The Kier molecular flexibility index (Phi) is 13.0. The number of carbonyl (C=O) groups excluding carboxylic acids is 2. The summed E-state index contributed by atoms with van der Waals surface area (Å²) in [7, 11) is -4.33. The van der Waals surface area contributed by atoms with Crippen molar-refractivity contribution >= 4 is 73.9 Å². The van der Waals surface area contributed by atoms with Gasteiger partial charge in [0.25, 0.3) is 10.0 Å². The van der Waals surface area contributed by atoms with E-state index in [9.17, 15) is 18.0 Å². The van der Waals surface area contributed by atoms with Gasteiger partial charge in [-0.2, -0.15) is 0 Å². The van der Waals surface area contributed by atoms with Crippen molar-refractivity contribution < 1.29 is 18.0 Å². The zero-order valence-corrected chi connectivity index (χ0v) is 29.8. The van der Waals surface area contributed by atoms with Gasteiger partial charge in [-0.15, -0.1) is 0 Å². The topological polar surface area (TPSA) is 86.8 Å². The van der Waals surface area contributed by atoms with E-state index in [4.69, 9.17) is 46.4 Å². The third kappa shape index (κ3) is 9.64.